The summed E-state index contributed by atoms with van der Waals surface area (Å²) >= 11 is 0. The van der Waals surface area contributed by atoms with E-state index < -0.39 is 11.7 Å². The molecule has 30 heavy (non-hydrogen) atoms. The van der Waals surface area contributed by atoms with Gasteiger partial charge in [0.1, 0.15) is 12.4 Å². The van der Waals surface area contributed by atoms with Gasteiger partial charge in [-0.25, -0.2) is 4.99 Å². The summed E-state index contributed by atoms with van der Waals surface area (Å²) in [5, 5.41) is 3.22. The van der Waals surface area contributed by atoms with Crippen molar-refractivity contribution < 1.29 is 27.4 Å². The molecule has 1 N–H and O–H groups in total. The molecule has 2 rings (SSSR count). The highest BCUT2D eigenvalue weighted by Crippen LogP contribution is 2.30. The summed E-state index contributed by atoms with van der Waals surface area (Å²) in [6.45, 7) is 6.89. The summed E-state index contributed by atoms with van der Waals surface area (Å²) in [4.78, 5) is 18.5. The van der Waals surface area contributed by atoms with Crippen molar-refractivity contribution in [1.29, 1.82) is 0 Å². The molecule has 0 saturated carbocycles. The second-order valence-corrected chi connectivity index (χ2v) is 6.62. The number of guanidine groups is 1. The van der Waals surface area contributed by atoms with Crippen LogP contribution in [0.4, 0.5) is 13.2 Å². The van der Waals surface area contributed by atoms with Crippen LogP contribution in [0.5, 0.6) is 5.75 Å². The molecule has 1 heterocycles. The van der Waals surface area contributed by atoms with Gasteiger partial charge in [0.15, 0.2) is 5.96 Å². The molecule has 1 aromatic rings. The highest BCUT2D eigenvalue weighted by atomic mass is 127. The van der Waals surface area contributed by atoms with E-state index in [1.807, 2.05) is 6.92 Å². The molecule has 0 amide bonds. The van der Waals surface area contributed by atoms with Crippen LogP contribution in [0.2, 0.25) is 0 Å². The first-order valence-corrected chi connectivity index (χ1v) is 9.85. The number of hydrogen-bond acceptors (Lipinski definition) is 4. The number of carbonyl (C=O) groups is 1. The van der Waals surface area contributed by atoms with Gasteiger partial charge in [0.2, 0.25) is 0 Å². The molecule has 0 aromatic heterocycles. The number of ether oxygens (including phenoxy) is 2. The van der Waals surface area contributed by atoms with E-state index in [1.54, 1.807) is 6.92 Å². The Balaban J connectivity index is 0.00000450. The van der Waals surface area contributed by atoms with Crippen LogP contribution < -0.4 is 10.1 Å². The maximum Gasteiger partial charge on any atom is 0.416 e. The fourth-order valence-corrected chi connectivity index (χ4v) is 3.07. The van der Waals surface area contributed by atoms with E-state index in [2.05, 4.69) is 15.2 Å². The van der Waals surface area contributed by atoms with Gasteiger partial charge in [-0.05, 0) is 51.0 Å². The van der Waals surface area contributed by atoms with Crippen LogP contribution in [-0.4, -0.2) is 56.2 Å². The van der Waals surface area contributed by atoms with Gasteiger partial charge in [-0.1, -0.05) is 0 Å². The molecule has 0 unspecified atom stereocenters. The number of piperidine rings is 1. The first-order chi connectivity index (χ1) is 13.8. The van der Waals surface area contributed by atoms with Gasteiger partial charge in [-0.2, -0.15) is 13.2 Å². The van der Waals surface area contributed by atoms with Gasteiger partial charge in [0.25, 0.3) is 0 Å². The van der Waals surface area contributed by atoms with E-state index in [9.17, 15) is 18.0 Å². The number of hydrogen-bond donors (Lipinski definition) is 1. The van der Waals surface area contributed by atoms with Gasteiger partial charge in [0.05, 0.1) is 24.6 Å². The van der Waals surface area contributed by atoms with Gasteiger partial charge in [-0.15, -0.1) is 24.0 Å². The Labute approximate surface area is 192 Å². The van der Waals surface area contributed by atoms with E-state index in [-0.39, 0.29) is 42.5 Å². The molecule has 1 fully saturated rings. The monoisotopic (exact) mass is 543 g/mol. The highest BCUT2D eigenvalue weighted by Gasteiger charge is 2.30. The Morgan fingerprint density at radius 2 is 1.83 bits per heavy atom. The third kappa shape index (κ3) is 8.19. The lowest BCUT2D eigenvalue weighted by Crippen LogP contribution is -2.46. The molecular formula is C20H29F3IN3O3. The number of aliphatic imine (C=N–C) groups is 1. The van der Waals surface area contributed by atoms with Crippen molar-refractivity contribution in [2.45, 2.75) is 32.9 Å². The molecule has 1 saturated heterocycles. The molecule has 10 heteroatoms. The maximum absolute atomic E-state index is 12.6. The number of rotatable bonds is 7. The van der Waals surface area contributed by atoms with Crippen LogP contribution >= 0.6 is 24.0 Å². The van der Waals surface area contributed by atoms with Crippen LogP contribution in [0.1, 0.15) is 32.3 Å². The summed E-state index contributed by atoms with van der Waals surface area (Å²) in [5.74, 6) is 0.899. The predicted octanol–water partition coefficient (Wildman–Crippen LogP) is 3.94. The molecular weight excluding hydrogens is 514 g/mol. The molecule has 1 aliphatic rings. The van der Waals surface area contributed by atoms with E-state index in [1.165, 1.54) is 12.1 Å². The lowest BCUT2D eigenvalue weighted by atomic mass is 9.97. The minimum atomic E-state index is -4.36. The van der Waals surface area contributed by atoms with Gasteiger partial charge < -0.3 is 19.7 Å². The van der Waals surface area contributed by atoms with Crippen molar-refractivity contribution in [2.24, 2.45) is 10.9 Å². The van der Waals surface area contributed by atoms with Crippen molar-refractivity contribution >= 4 is 35.9 Å². The van der Waals surface area contributed by atoms with Crippen LogP contribution in [0.25, 0.3) is 0 Å². The standard InChI is InChI=1S/C20H28F3N3O3.HI/c1-3-24-19(26-12-9-15(10-13-26)18(27)28-4-2)25-11-14-29-17-7-5-16(6-8-17)20(21,22)23;/h5-8,15H,3-4,9-14H2,1-2H3,(H,24,25);1H. The summed E-state index contributed by atoms with van der Waals surface area (Å²) < 4.78 is 48.3. The number of esters is 1. The molecule has 0 spiro atoms. The average molecular weight is 543 g/mol. The highest BCUT2D eigenvalue weighted by molar-refractivity contribution is 14.0. The van der Waals surface area contributed by atoms with Crippen molar-refractivity contribution in [2.75, 3.05) is 39.4 Å². The Bertz CT molecular complexity index is 676. The third-order valence-corrected chi connectivity index (χ3v) is 4.55. The van der Waals surface area contributed by atoms with Crippen molar-refractivity contribution in [1.82, 2.24) is 10.2 Å². The summed E-state index contributed by atoms with van der Waals surface area (Å²) in [6.07, 6.45) is -2.93. The SMILES string of the molecule is CCNC(=NCCOc1ccc(C(F)(F)F)cc1)N1CCC(C(=O)OCC)CC1.I. The fraction of sp³-hybridized carbons (Fsp3) is 0.600. The lowest BCUT2D eigenvalue weighted by Gasteiger charge is -2.33. The quantitative estimate of drug-likeness (QED) is 0.186. The number of nitrogens with one attached hydrogen (secondary N) is 1. The van der Waals surface area contributed by atoms with Crippen molar-refractivity contribution in [3.8, 4) is 5.75 Å². The minimum absolute atomic E-state index is 0. The first kappa shape index (κ1) is 26.3. The van der Waals surface area contributed by atoms with Crippen molar-refractivity contribution in [3.63, 3.8) is 0 Å². The van der Waals surface area contributed by atoms with Crippen LogP contribution in [0.15, 0.2) is 29.3 Å². The molecule has 1 aliphatic heterocycles. The van der Waals surface area contributed by atoms with Gasteiger partial charge in [-0.3, -0.25) is 4.79 Å². The van der Waals surface area contributed by atoms with E-state index in [4.69, 9.17) is 9.47 Å². The second kappa shape index (κ2) is 12.9. The van der Waals surface area contributed by atoms with Crippen molar-refractivity contribution in [3.05, 3.63) is 29.8 Å². The zero-order chi connectivity index (χ0) is 21.3. The largest absolute Gasteiger partial charge is 0.492 e. The molecule has 0 radical (unpaired) electrons. The smallest absolute Gasteiger partial charge is 0.416 e. The molecule has 6 nitrogen and oxygen atoms in total. The predicted molar refractivity (Wildman–Crippen MR) is 119 cm³/mol. The Morgan fingerprint density at radius 1 is 1.20 bits per heavy atom. The van der Waals surface area contributed by atoms with Crippen LogP contribution in [0.3, 0.4) is 0 Å². The molecule has 0 bridgehead atoms. The summed E-state index contributed by atoms with van der Waals surface area (Å²) in [7, 11) is 0. The summed E-state index contributed by atoms with van der Waals surface area (Å²) in [6, 6.07) is 4.60. The Hall–Kier alpha value is -1.72. The number of likely N-dealkylation sites (tertiary alicyclic amines) is 1. The second-order valence-electron chi connectivity index (χ2n) is 6.62. The number of halogens is 4. The first-order valence-electron chi connectivity index (χ1n) is 9.85. The normalized spacial score (nSPS) is 15.4. The molecule has 1 aromatic carbocycles. The fourth-order valence-electron chi connectivity index (χ4n) is 3.07. The number of nitrogens with zero attached hydrogens (tertiary/aromatic N) is 2. The van der Waals surface area contributed by atoms with Gasteiger partial charge in [0, 0.05) is 19.6 Å². The average Bonchev–Trinajstić information content (AvgIpc) is 2.70. The van der Waals surface area contributed by atoms with Crippen LogP contribution in [-0.2, 0) is 15.7 Å². The number of carbonyl (C=O) groups excluding carboxylic acids is 1. The Kier molecular flexibility index (Phi) is 11.3. The van der Waals surface area contributed by atoms with E-state index >= 15 is 0 Å². The summed E-state index contributed by atoms with van der Waals surface area (Å²) in [5.41, 5.74) is -0.705. The lowest BCUT2D eigenvalue weighted by molar-refractivity contribution is -0.149. The number of benzene rings is 1. The van der Waals surface area contributed by atoms with E-state index in [0.717, 1.165) is 18.1 Å². The van der Waals surface area contributed by atoms with E-state index in [0.29, 0.717) is 51.4 Å². The zero-order valence-electron chi connectivity index (χ0n) is 17.2. The van der Waals surface area contributed by atoms with Gasteiger partial charge >= 0.3 is 12.1 Å². The molecule has 0 atom stereocenters. The zero-order valence-corrected chi connectivity index (χ0v) is 19.5. The maximum atomic E-state index is 12.6. The number of alkyl halides is 3. The Morgan fingerprint density at radius 3 is 2.37 bits per heavy atom. The van der Waals surface area contributed by atoms with Crippen LogP contribution in [0, 0.1) is 5.92 Å². The third-order valence-electron chi connectivity index (χ3n) is 4.55. The molecule has 170 valence electrons. The topological polar surface area (TPSA) is 63.2 Å². The molecule has 0 aliphatic carbocycles. The minimum Gasteiger partial charge on any atom is -0.492 e.